The molecule has 0 bridgehead atoms. The molecule has 0 aliphatic carbocycles. The third-order valence-corrected chi connectivity index (χ3v) is 2.83. The zero-order valence-electron chi connectivity index (χ0n) is 9.45. The van der Waals surface area contributed by atoms with E-state index in [2.05, 4.69) is 31.2 Å². The predicted molar refractivity (Wildman–Crippen MR) is 68.7 cm³/mol. The number of aryl methyl sites for hydroxylation is 1. The first kappa shape index (κ1) is 12.0. The lowest BCUT2D eigenvalue weighted by Gasteiger charge is -2.07. The largest absolute Gasteiger partial charge is 0.277 e. The Morgan fingerprint density at radius 2 is 2.18 bits per heavy atom. The highest BCUT2D eigenvalue weighted by Crippen LogP contribution is 2.22. The number of benzene rings is 1. The summed E-state index contributed by atoms with van der Waals surface area (Å²) in [5.74, 6) is -0.277. The van der Waals surface area contributed by atoms with Gasteiger partial charge in [0.2, 0.25) is 0 Å². The lowest BCUT2D eigenvalue weighted by molar-refractivity contribution is 0.0539. The third-order valence-electron chi connectivity index (χ3n) is 2.34. The number of fused-ring (bicyclic) bond motifs is 1. The van der Waals surface area contributed by atoms with Crippen molar-refractivity contribution in [2.45, 2.75) is 6.92 Å². The lowest BCUT2D eigenvalue weighted by Crippen LogP contribution is -2.22. The Hall–Kier alpha value is -1.46. The van der Waals surface area contributed by atoms with Crippen LogP contribution in [0.15, 0.2) is 28.7 Å². The van der Waals surface area contributed by atoms with E-state index in [9.17, 15) is 4.79 Å². The summed E-state index contributed by atoms with van der Waals surface area (Å²) in [6.45, 7) is 1.85. The van der Waals surface area contributed by atoms with Crippen molar-refractivity contribution in [2.75, 3.05) is 7.11 Å². The van der Waals surface area contributed by atoms with Gasteiger partial charge in [-0.2, -0.15) is 0 Å². The van der Waals surface area contributed by atoms with Crippen molar-refractivity contribution in [1.82, 2.24) is 10.5 Å². The fourth-order valence-corrected chi connectivity index (χ4v) is 2.03. The number of nitrogens with one attached hydrogen (secondary N) is 1. The predicted octanol–water partition coefficient (Wildman–Crippen LogP) is 2.60. The van der Waals surface area contributed by atoms with E-state index in [0.717, 1.165) is 21.1 Å². The number of pyridine rings is 1. The molecule has 0 aliphatic rings. The highest BCUT2D eigenvalue weighted by Gasteiger charge is 2.11. The summed E-state index contributed by atoms with van der Waals surface area (Å²) in [5, 5.41) is 0.791. The van der Waals surface area contributed by atoms with Crippen LogP contribution in [0.3, 0.4) is 0 Å². The Kier molecular flexibility index (Phi) is 3.40. The fraction of sp³-hybridized carbons (Fsp3) is 0.167. The molecular formula is C12H11BrN2O2. The average Bonchev–Trinajstić information content (AvgIpc) is 2.29. The molecule has 0 unspecified atom stereocenters. The molecule has 1 aromatic carbocycles. The molecule has 0 spiro atoms. The van der Waals surface area contributed by atoms with Gasteiger partial charge in [0, 0.05) is 15.6 Å². The number of hydrogen-bond acceptors (Lipinski definition) is 3. The van der Waals surface area contributed by atoms with Crippen molar-refractivity contribution >= 4 is 32.7 Å². The van der Waals surface area contributed by atoms with E-state index in [0.29, 0.717) is 5.56 Å². The minimum absolute atomic E-state index is 0.277. The smallest absolute Gasteiger partial charge is 0.275 e. The molecular weight excluding hydrogens is 284 g/mol. The summed E-state index contributed by atoms with van der Waals surface area (Å²) in [7, 11) is 1.41. The van der Waals surface area contributed by atoms with Gasteiger partial charge < -0.3 is 0 Å². The second-order valence-electron chi connectivity index (χ2n) is 3.61. The minimum Gasteiger partial charge on any atom is -0.277 e. The van der Waals surface area contributed by atoms with Crippen LogP contribution in [-0.2, 0) is 4.84 Å². The summed E-state index contributed by atoms with van der Waals surface area (Å²) in [4.78, 5) is 20.9. The van der Waals surface area contributed by atoms with Crippen LogP contribution in [-0.4, -0.2) is 18.0 Å². The first-order chi connectivity index (χ1) is 8.11. The number of hydroxylamine groups is 1. The number of aromatic nitrogens is 1. The van der Waals surface area contributed by atoms with E-state index in [4.69, 9.17) is 0 Å². The SMILES string of the molecule is CONC(=O)c1cc(C)nc2ccc(Br)cc12. The van der Waals surface area contributed by atoms with Gasteiger partial charge in [0.15, 0.2) is 0 Å². The molecule has 0 aliphatic heterocycles. The van der Waals surface area contributed by atoms with Gasteiger partial charge in [-0.25, -0.2) is 5.48 Å². The van der Waals surface area contributed by atoms with E-state index in [1.54, 1.807) is 6.07 Å². The molecule has 1 aromatic heterocycles. The summed E-state index contributed by atoms with van der Waals surface area (Å²) in [6.07, 6.45) is 0. The van der Waals surface area contributed by atoms with Crippen LogP contribution in [0, 0.1) is 6.92 Å². The van der Waals surface area contributed by atoms with Crippen LogP contribution < -0.4 is 5.48 Å². The molecule has 1 amide bonds. The van der Waals surface area contributed by atoms with Gasteiger partial charge in [-0.1, -0.05) is 15.9 Å². The number of nitrogens with zero attached hydrogens (tertiary/aromatic N) is 1. The number of hydrogen-bond donors (Lipinski definition) is 1. The van der Waals surface area contributed by atoms with Crippen molar-refractivity contribution in [3.8, 4) is 0 Å². The van der Waals surface area contributed by atoms with E-state index >= 15 is 0 Å². The second-order valence-corrected chi connectivity index (χ2v) is 4.52. The quantitative estimate of drug-likeness (QED) is 0.866. The topological polar surface area (TPSA) is 51.2 Å². The maximum absolute atomic E-state index is 11.8. The number of rotatable bonds is 2. The summed E-state index contributed by atoms with van der Waals surface area (Å²) >= 11 is 3.38. The number of carbonyl (C=O) groups is 1. The minimum atomic E-state index is -0.277. The van der Waals surface area contributed by atoms with E-state index in [1.807, 2.05) is 25.1 Å². The first-order valence-electron chi connectivity index (χ1n) is 5.02. The van der Waals surface area contributed by atoms with Gasteiger partial charge in [0.05, 0.1) is 18.2 Å². The van der Waals surface area contributed by atoms with Crippen LogP contribution in [0.5, 0.6) is 0 Å². The Morgan fingerprint density at radius 3 is 2.88 bits per heavy atom. The van der Waals surface area contributed by atoms with Gasteiger partial charge in [-0.3, -0.25) is 14.6 Å². The summed E-state index contributed by atoms with van der Waals surface area (Å²) in [6, 6.07) is 7.37. The zero-order valence-corrected chi connectivity index (χ0v) is 11.0. The van der Waals surface area contributed by atoms with Gasteiger partial charge in [0.1, 0.15) is 0 Å². The molecule has 5 heteroatoms. The maximum Gasteiger partial charge on any atom is 0.275 e. The van der Waals surface area contributed by atoms with E-state index < -0.39 is 0 Å². The molecule has 2 aromatic rings. The molecule has 2 rings (SSSR count). The van der Waals surface area contributed by atoms with Gasteiger partial charge in [-0.05, 0) is 31.2 Å². The van der Waals surface area contributed by atoms with Crippen LogP contribution in [0.4, 0.5) is 0 Å². The molecule has 0 saturated heterocycles. The zero-order chi connectivity index (χ0) is 12.4. The van der Waals surface area contributed by atoms with E-state index in [1.165, 1.54) is 7.11 Å². The molecule has 0 fully saturated rings. The molecule has 1 N–H and O–H groups in total. The highest BCUT2D eigenvalue weighted by molar-refractivity contribution is 9.10. The van der Waals surface area contributed by atoms with Crippen molar-refractivity contribution < 1.29 is 9.63 Å². The molecule has 0 atom stereocenters. The fourth-order valence-electron chi connectivity index (χ4n) is 1.67. The Morgan fingerprint density at radius 1 is 1.41 bits per heavy atom. The van der Waals surface area contributed by atoms with Crippen LogP contribution in [0.1, 0.15) is 16.1 Å². The number of carbonyl (C=O) groups excluding carboxylic acids is 1. The molecule has 88 valence electrons. The Balaban J connectivity index is 2.67. The third kappa shape index (κ3) is 2.45. The van der Waals surface area contributed by atoms with Crippen LogP contribution in [0.25, 0.3) is 10.9 Å². The van der Waals surface area contributed by atoms with Gasteiger partial charge >= 0.3 is 0 Å². The average molecular weight is 295 g/mol. The van der Waals surface area contributed by atoms with Crippen LogP contribution >= 0.6 is 15.9 Å². The summed E-state index contributed by atoms with van der Waals surface area (Å²) in [5.41, 5.74) is 4.45. The summed E-state index contributed by atoms with van der Waals surface area (Å²) < 4.78 is 0.905. The molecule has 0 saturated carbocycles. The van der Waals surface area contributed by atoms with Crippen molar-refractivity contribution in [1.29, 1.82) is 0 Å². The first-order valence-corrected chi connectivity index (χ1v) is 5.81. The molecule has 1 heterocycles. The highest BCUT2D eigenvalue weighted by atomic mass is 79.9. The number of halogens is 1. The normalized spacial score (nSPS) is 10.5. The second kappa shape index (κ2) is 4.81. The van der Waals surface area contributed by atoms with Crippen molar-refractivity contribution in [3.63, 3.8) is 0 Å². The van der Waals surface area contributed by atoms with Crippen LogP contribution in [0.2, 0.25) is 0 Å². The lowest BCUT2D eigenvalue weighted by atomic mass is 10.1. The molecule has 0 radical (unpaired) electrons. The maximum atomic E-state index is 11.8. The van der Waals surface area contributed by atoms with Crippen molar-refractivity contribution in [2.24, 2.45) is 0 Å². The monoisotopic (exact) mass is 294 g/mol. The Labute approximate surface area is 107 Å². The molecule has 17 heavy (non-hydrogen) atoms. The number of amides is 1. The van der Waals surface area contributed by atoms with E-state index in [-0.39, 0.29) is 5.91 Å². The van der Waals surface area contributed by atoms with Gasteiger partial charge in [0.25, 0.3) is 5.91 Å². The van der Waals surface area contributed by atoms with Crippen molar-refractivity contribution in [3.05, 3.63) is 40.0 Å². The standard InChI is InChI=1S/C12H11BrN2O2/c1-7-5-10(12(16)15-17-2)9-6-8(13)3-4-11(9)14-7/h3-6H,1-2H3,(H,15,16). The molecule has 4 nitrogen and oxygen atoms in total. The van der Waals surface area contributed by atoms with Gasteiger partial charge in [-0.15, -0.1) is 0 Å². The Bertz CT molecular complexity index is 584.